The largest absolute Gasteiger partial charge is 0.305 e. The summed E-state index contributed by atoms with van der Waals surface area (Å²) in [7, 11) is 0. The summed E-state index contributed by atoms with van der Waals surface area (Å²) in [5.41, 5.74) is 1.24. The molecule has 2 atom stereocenters. The van der Waals surface area contributed by atoms with Crippen molar-refractivity contribution in [1.29, 1.82) is 0 Å². The predicted octanol–water partition coefficient (Wildman–Crippen LogP) is 1.92. The van der Waals surface area contributed by atoms with Crippen molar-refractivity contribution in [2.45, 2.75) is 38.6 Å². The van der Waals surface area contributed by atoms with Crippen molar-refractivity contribution in [3.8, 4) is 0 Å². The van der Waals surface area contributed by atoms with Crippen molar-refractivity contribution in [2.24, 2.45) is 0 Å². The van der Waals surface area contributed by atoms with Gasteiger partial charge in [0.25, 0.3) is 0 Å². The van der Waals surface area contributed by atoms with Crippen LogP contribution in [0.5, 0.6) is 0 Å². The summed E-state index contributed by atoms with van der Waals surface area (Å²) in [5.74, 6) is 0.193. The van der Waals surface area contributed by atoms with E-state index in [1.165, 1.54) is 10.5 Å². The summed E-state index contributed by atoms with van der Waals surface area (Å²) in [5, 5.41) is 3.24. The van der Waals surface area contributed by atoms with Gasteiger partial charge in [-0.15, -0.1) is 0 Å². The Morgan fingerprint density at radius 1 is 1.30 bits per heavy atom. The first-order chi connectivity index (χ1) is 9.63. The van der Waals surface area contributed by atoms with Crippen LogP contribution in [0.4, 0.5) is 0 Å². The van der Waals surface area contributed by atoms with Crippen LogP contribution in [0.2, 0.25) is 0 Å². The molecule has 20 heavy (non-hydrogen) atoms. The Bertz CT molecular complexity index is 473. The van der Waals surface area contributed by atoms with Gasteiger partial charge in [0.2, 0.25) is 11.8 Å². The van der Waals surface area contributed by atoms with Crippen LogP contribution < -0.4 is 5.32 Å². The Balaban J connectivity index is 1.89. The number of carbonyl (C=O) groups is 2. The number of amides is 2. The second-order valence-electron chi connectivity index (χ2n) is 5.36. The van der Waals surface area contributed by atoms with Crippen molar-refractivity contribution >= 4 is 11.8 Å². The molecule has 2 amide bonds. The fourth-order valence-corrected chi connectivity index (χ4v) is 2.52. The number of imide groups is 1. The quantitative estimate of drug-likeness (QED) is 0.806. The van der Waals surface area contributed by atoms with Gasteiger partial charge in [0.15, 0.2) is 0 Å². The maximum atomic E-state index is 12.1. The van der Waals surface area contributed by atoms with Crippen molar-refractivity contribution in [3.05, 3.63) is 35.9 Å². The van der Waals surface area contributed by atoms with E-state index >= 15 is 0 Å². The molecule has 0 radical (unpaired) electrons. The van der Waals surface area contributed by atoms with Crippen LogP contribution in [0.3, 0.4) is 0 Å². The van der Waals surface area contributed by atoms with Crippen LogP contribution in [0.15, 0.2) is 30.3 Å². The summed E-state index contributed by atoms with van der Waals surface area (Å²) >= 11 is 0. The highest BCUT2D eigenvalue weighted by Gasteiger charge is 2.37. The summed E-state index contributed by atoms with van der Waals surface area (Å²) in [6.45, 7) is 5.32. The van der Waals surface area contributed by atoms with E-state index in [1.807, 2.05) is 25.1 Å². The first-order valence-electron chi connectivity index (χ1n) is 7.26. The maximum Gasteiger partial charge on any atom is 0.246 e. The first-order valence-corrected chi connectivity index (χ1v) is 7.26. The van der Waals surface area contributed by atoms with Gasteiger partial charge in [-0.05, 0) is 17.9 Å². The van der Waals surface area contributed by atoms with Gasteiger partial charge in [0.1, 0.15) is 0 Å². The Morgan fingerprint density at radius 2 is 2.00 bits per heavy atom. The van der Waals surface area contributed by atoms with Gasteiger partial charge >= 0.3 is 0 Å². The molecule has 1 saturated heterocycles. The average Bonchev–Trinajstić information content (AvgIpc) is 2.73. The van der Waals surface area contributed by atoms with Gasteiger partial charge in [-0.2, -0.15) is 0 Å². The zero-order valence-electron chi connectivity index (χ0n) is 12.1. The molecule has 1 N–H and O–H groups in total. The predicted molar refractivity (Wildman–Crippen MR) is 78.3 cm³/mol. The highest BCUT2D eigenvalue weighted by atomic mass is 16.2. The standard InChI is InChI=1S/C16H22N2O2/c1-3-9-18-15(19)10-14(16(18)20)17-11-12(2)13-7-5-4-6-8-13/h4-8,12,14,17H,3,9-11H2,1-2H3. The number of nitrogens with zero attached hydrogens (tertiary/aromatic N) is 1. The summed E-state index contributed by atoms with van der Waals surface area (Å²) in [6, 6.07) is 9.83. The van der Waals surface area contributed by atoms with E-state index in [0.29, 0.717) is 25.4 Å². The zero-order chi connectivity index (χ0) is 14.5. The molecule has 1 heterocycles. The van der Waals surface area contributed by atoms with E-state index in [4.69, 9.17) is 0 Å². The molecule has 0 spiro atoms. The number of likely N-dealkylation sites (tertiary alicyclic amines) is 1. The second-order valence-corrected chi connectivity index (χ2v) is 5.36. The lowest BCUT2D eigenvalue weighted by molar-refractivity contribution is -0.138. The van der Waals surface area contributed by atoms with Crippen LogP contribution in [0, 0.1) is 0 Å². The van der Waals surface area contributed by atoms with Crippen LogP contribution in [0.25, 0.3) is 0 Å². The normalized spacial score (nSPS) is 20.5. The first kappa shape index (κ1) is 14.7. The van der Waals surface area contributed by atoms with E-state index in [-0.39, 0.29) is 17.9 Å². The minimum atomic E-state index is -0.347. The number of hydrogen-bond acceptors (Lipinski definition) is 3. The number of rotatable bonds is 6. The highest BCUT2D eigenvalue weighted by molar-refractivity contribution is 6.05. The van der Waals surface area contributed by atoms with Crippen molar-refractivity contribution in [2.75, 3.05) is 13.1 Å². The molecule has 4 nitrogen and oxygen atoms in total. The monoisotopic (exact) mass is 274 g/mol. The molecular weight excluding hydrogens is 252 g/mol. The third-order valence-electron chi connectivity index (χ3n) is 3.73. The lowest BCUT2D eigenvalue weighted by Crippen LogP contribution is -2.40. The smallest absolute Gasteiger partial charge is 0.246 e. The van der Waals surface area contributed by atoms with E-state index in [2.05, 4.69) is 24.4 Å². The second kappa shape index (κ2) is 6.66. The summed E-state index contributed by atoms with van der Waals surface area (Å²) in [6.07, 6.45) is 1.10. The number of hydrogen-bond donors (Lipinski definition) is 1. The molecule has 108 valence electrons. The van der Waals surface area contributed by atoms with Gasteiger partial charge in [0.05, 0.1) is 12.5 Å². The van der Waals surface area contributed by atoms with Crippen molar-refractivity contribution < 1.29 is 9.59 Å². The topological polar surface area (TPSA) is 49.4 Å². The molecule has 0 aliphatic carbocycles. The van der Waals surface area contributed by atoms with Crippen LogP contribution >= 0.6 is 0 Å². The molecular formula is C16H22N2O2. The molecule has 0 saturated carbocycles. The number of nitrogens with one attached hydrogen (secondary N) is 1. The minimum absolute atomic E-state index is 0.0540. The SMILES string of the molecule is CCCN1C(=O)CC(NCC(C)c2ccccc2)C1=O. The molecule has 0 aromatic heterocycles. The Kier molecular flexibility index (Phi) is 4.90. The Hall–Kier alpha value is -1.68. The van der Waals surface area contributed by atoms with Crippen molar-refractivity contribution in [3.63, 3.8) is 0 Å². The van der Waals surface area contributed by atoms with Gasteiger partial charge in [-0.25, -0.2) is 0 Å². The van der Waals surface area contributed by atoms with Gasteiger partial charge in [-0.1, -0.05) is 44.2 Å². The van der Waals surface area contributed by atoms with Crippen molar-refractivity contribution in [1.82, 2.24) is 10.2 Å². The van der Waals surface area contributed by atoms with Crippen LogP contribution in [-0.2, 0) is 9.59 Å². The Labute approximate surface area is 120 Å². The molecule has 2 unspecified atom stereocenters. The van der Waals surface area contributed by atoms with Gasteiger partial charge in [0, 0.05) is 13.1 Å². The molecule has 4 heteroatoms. The molecule has 1 aliphatic heterocycles. The van der Waals surface area contributed by atoms with Gasteiger partial charge in [-0.3, -0.25) is 14.5 Å². The fourth-order valence-electron chi connectivity index (χ4n) is 2.52. The maximum absolute atomic E-state index is 12.1. The zero-order valence-corrected chi connectivity index (χ0v) is 12.1. The third kappa shape index (κ3) is 3.25. The van der Waals surface area contributed by atoms with E-state index < -0.39 is 0 Å². The van der Waals surface area contributed by atoms with E-state index in [1.54, 1.807) is 0 Å². The molecule has 0 bridgehead atoms. The molecule has 1 aliphatic rings. The third-order valence-corrected chi connectivity index (χ3v) is 3.73. The van der Waals surface area contributed by atoms with E-state index in [9.17, 15) is 9.59 Å². The molecule has 1 aromatic rings. The lowest BCUT2D eigenvalue weighted by atomic mass is 10.0. The highest BCUT2D eigenvalue weighted by Crippen LogP contribution is 2.17. The molecule has 1 fully saturated rings. The number of benzene rings is 1. The molecule has 1 aromatic carbocycles. The average molecular weight is 274 g/mol. The summed E-state index contributed by atoms with van der Waals surface area (Å²) in [4.78, 5) is 25.2. The van der Waals surface area contributed by atoms with Crippen LogP contribution in [0.1, 0.15) is 38.2 Å². The summed E-state index contributed by atoms with van der Waals surface area (Å²) < 4.78 is 0. The van der Waals surface area contributed by atoms with E-state index in [0.717, 1.165) is 6.42 Å². The number of carbonyl (C=O) groups excluding carboxylic acids is 2. The fraction of sp³-hybridized carbons (Fsp3) is 0.500. The Morgan fingerprint density at radius 3 is 2.65 bits per heavy atom. The van der Waals surface area contributed by atoms with Crippen LogP contribution in [-0.4, -0.2) is 35.8 Å². The van der Waals surface area contributed by atoms with Gasteiger partial charge < -0.3 is 5.32 Å². The minimum Gasteiger partial charge on any atom is -0.305 e. The molecule has 2 rings (SSSR count). The lowest BCUT2D eigenvalue weighted by Gasteiger charge is -2.17.